The van der Waals surface area contributed by atoms with Gasteiger partial charge >= 0.3 is 0 Å². The lowest BCUT2D eigenvalue weighted by Crippen LogP contribution is -2.27. The van der Waals surface area contributed by atoms with Gasteiger partial charge in [0.2, 0.25) is 5.96 Å². The molecule has 0 unspecified atom stereocenters. The number of nitrogens with zero attached hydrogens (tertiary/aromatic N) is 3. The third kappa shape index (κ3) is 7.18. The molecule has 26 heavy (non-hydrogen) atoms. The molecule has 0 amide bonds. The van der Waals surface area contributed by atoms with Crippen molar-refractivity contribution < 1.29 is 9.13 Å². The molecule has 0 aliphatic rings. The molecule has 0 saturated heterocycles. The van der Waals surface area contributed by atoms with Crippen LogP contribution in [0.4, 0.5) is 10.1 Å². The second-order valence-electron chi connectivity index (χ2n) is 5.52. The molecule has 0 atom stereocenters. The third-order valence-corrected chi connectivity index (χ3v) is 3.53. The SMILES string of the molecule is N#CNC(=NCCCCCCOc1ccccc1F)Nc1ccncc1. The average molecular weight is 355 g/mol. The van der Waals surface area contributed by atoms with Gasteiger partial charge < -0.3 is 10.1 Å². The van der Waals surface area contributed by atoms with Crippen LogP contribution >= 0.6 is 0 Å². The van der Waals surface area contributed by atoms with Crippen molar-refractivity contribution in [3.8, 4) is 11.9 Å². The molecule has 0 spiro atoms. The van der Waals surface area contributed by atoms with Crippen molar-refractivity contribution in [3.05, 3.63) is 54.6 Å². The molecular formula is C19H22FN5O. The Kier molecular flexibility index (Phi) is 8.43. The van der Waals surface area contributed by atoms with E-state index in [2.05, 4.69) is 20.6 Å². The summed E-state index contributed by atoms with van der Waals surface area (Å²) in [6, 6.07) is 10.0. The first-order valence-electron chi connectivity index (χ1n) is 8.53. The number of ether oxygens (including phenoxy) is 1. The van der Waals surface area contributed by atoms with Crippen LogP contribution in [0.15, 0.2) is 53.8 Å². The minimum absolute atomic E-state index is 0.298. The van der Waals surface area contributed by atoms with E-state index in [9.17, 15) is 4.39 Å². The Morgan fingerprint density at radius 3 is 2.65 bits per heavy atom. The summed E-state index contributed by atoms with van der Waals surface area (Å²) in [7, 11) is 0. The second-order valence-corrected chi connectivity index (χ2v) is 5.52. The van der Waals surface area contributed by atoms with Crippen LogP contribution in [0.2, 0.25) is 0 Å². The van der Waals surface area contributed by atoms with Gasteiger partial charge in [0.05, 0.1) is 6.61 Å². The predicted molar refractivity (Wildman–Crippen MR) is 99.3 cm³/mol. The number of nitriles is 1. The fourth-order valence-electron chi connectivity index (χ4n) is 2.24. The van der Waals surface area contributed by atoms with Crippen LogP contribution in [0.25, 0.3) is 0 Å². The first kappa shape index (κ1) is 19.2. The van der Waals surface area contributed by atoms with Gasteiger partial charge in [-0.2, -0.15) is 5.26 Å². The van der Waals surface area contributed by atoms with Crippen LogP contribution in [-0.4, -0.2) is 24.1 Å². The van der Waals surface area contributed by atoms with E-state index in [-0.39, 0.29) is 5.82 Å². The van der Waals surface area contributed by atoms with Crippen molar-refractivity contribution in [3.63, 3.8) is 0 Å². The van der Waals surface area contributed by atoms with E-state index in [4.69, 9.17) is 10.00 Å². The number of nitrogens with one attached hydrogen (secondary N) is 2. The van der Waals surface area contributed by atoms with Gasteiger partial charge in [-0.05, 0) is 43.5 Å². The van der Waals surface area contributed by atoms with Crippen molar-refractivity contribution in [2.75, 3.05) is 18.5 Å². The molecule has 136 valence electrons. The highest BCUT2D eigenvalue weighted by Crippen LogP contribution is 2.15. The summed E-state index contributed by atoms with van der Waals surface area (Å²) in [6.07, 6.45) is 8.91. The van der Waals surface area contributed by atoms with Crippen molar-refractivity contribution >= 4 is 11.6 Å². The molecule has 2 aromatic rings. The molecule has 1 aromatic heterocycles. The number of rotatable bonds is 9. The van der Waals surface area contributed by atoms with E-state index in [1.54, 1.807) is 42.7 Å². The van der Waals surface area contributed by atoms with Gasteiger partial charge in [-0.3, -0.25) is 15.3 Å². The van der Waals surface area contributed by atoms with Gasteiger partial charge in [0.1, 0.15) is 0 Å². The van der Waals surface area contributed by atoms with E-state index in [0.717, 1.165) is 31.4 Å². The summed E-state index contributed by atoms with van der Waals surface area (Å²) >= 11 is 0. The number of unbranched alkanes of at least 4 members (excludes halogenated alkanes) is 3. The molecule has 2 N–H and O–H groups in total. The topological polar surface area (TPSA) is 82.3 Å². The highest BCUT2D eigenvalue weighted by atomic mass is 19.1. The first-order valence-corrected chi connectivity index (χ1v) is 8.53. The largest absolute Gasteiger partial charge is 0.491 e. The number of halogens is 1. The number of para-hydroxylation sites is 1. The molecule has 1 heterocycles. The molecule has 6 nitrogen and oxygen atoms in total. The minimum Gasteiger partial charge on any atom is -0.491 e. The molecule has 0 aliphatic carbocycles. The van der Waals surface area contributed by atoms with Crippen molar-refractivity contribution in [2.45, 2.75) is 25.7 Å². The summed E-state index contributed by atoms with van der Waals surface area (Å²) in [5, 5.41) is 14.4. The normalized spacial score (nSPS) is 10.8. The van der Waals surface area contributed by atoms with Gasteiger partial charge in [-0.1, -0.05) is 18.6 Å². The lowest BCUT2D eigenvalue weighted by molar-refractivity contribution is 0.290. The molecule has 1 aromatic carbocycles. The Bertz CT molecular complexity index is 730. The Balaban J connectivity index is 1.61. The minimum atomic E-state index is -0.332. The maximum absolute atomic E-state index is 13.4. The zero-order valence-electron chi connectivity index (χ0n) is 14.5. The van der Waals surface area contributed by atoms with Crippen LogP contribution in [-0.2, 0) is 0 Å². The van der Waals surface area contributed by atoms with Gasteiger partial charge in [-0.25, -0.2) is 4.39 Å². The molecule has 0 fully saturated rings. The van der Waals surface area contributed by atoms with Crippen LogP contribution in [0, 0.1) is 17.3 Å². The third-order valence-electron chi connectivity index (χ3n) is 3.53. The molecule has 0 radical (unpaired) electrons. The summed E-state index contributed by atoms with van der Waals surface area (Å²) in [5.74, 6) is 0.383. The quantitative estimate of drug-likeness (QED) is 0.236. The summed E-state index contributed by atoms with van der Waals surface area (Å²) in [6.45, 7) is 1.10. The van der Waals surface area contributed by atoms with Crippen LogP contribution < -0.4 is 15.4 Å². The Labute approximate surface area is 152 Å². The van der Waals surface area contributed by atoms with Gasteiger partial charge in [0.15, 0.2) is 17.8 Å². The fourth-order valence-corrected chi connectivity index (χ4v) is 2.24. The maximum atomic E-state index is 13.4. The van der Waals surface area contributed by atoms with E-state index >= 15 is 0 Å². The summed E-state index contributed by atoms with van der Waals surface area (Å²) in [5.41, 5.74) is 0.812. The van der Waals surface area contributed by atoms with Crippen LogP contribution in [0.5, 0.6) is 5.75 Å². The highest BCUT2D eigenvalue weighted by molar-refractivity contribution is 5.94. The van der Waals surface area contributed by atoms with E-state index in [0.29, 0.717) is 24.9 Å². The number of benzene rings is 1. The molecule has 0 bridgehead atoms. The van der Waals surface area contributed by atoms with Crippen molar-refractivity contribution in [1.29, 1.82) is 5.26 Å². The molecular weight excluding hydrogens is 333 g/mol. The second kappa shape index (κ2) is 11.4. The van der Waals surface area contributed by atoms with E-state index in [1.165, 1.54) is 6.07 Å². The number of pyridine rings is 1. The standard InChI is InChI=1S/C19H22FN5O/c20-17-7-3-4-8-18(17)26-14-6-2-1-5-11-23-19(24-15-21)25-16-9-12-22-13-10-16/h3-4,7-10,12-13H,1-2,5-6,11,14H2,(H2,22,23,24,25). The van der Waals surface area contributed by atoms with Crippen LogP contribution in [0.1, 0.15) is 25.7 Å². The lowest BCUT2D eigenvalue weighted by Gasteiger charge is -2.08. The average Bonchev–Trinajstić information content (AvgIpc) is 2.66. The first-order chi connectivity index (χ1) is 12.8. The number of aromatic nitrogens is 1. The zero-order chi connectivity index (χ0) is 18.5. The van der Waals surface area contributed by atoms with Crippen LogP contribution in [0.3, 0.4) is 0 Å². The number of anilines is 1. The smallest absolute Gasteiger partial charge is 0.209 e. The predicted octanol–water partition coefficient (Wildman–Crippen LogP) is 3.70. The molecule has 0 aliphatic heterocycles. The molecule has 7 heteroatoms. The van der Waals surface area contributed by atoms with Gasteiger partial charge in [0.25, 0.3) is 0 Å². The molecule has 2 rings (SSSR count). The Hall–Kier alpha value is -3.14. The van der Waals surface area contributed by atoms with Crippen molar-refractivity contribution in [1.82, 2.24) is 10.3 Å². The van der Waals surface area contributed by atoms with Gasteiger partial charge in [-0.15, -0.1) is 0 Å². The summed E-state index contributed by atoms with van der Waals surface area (Å²) < 4.78 is 18.8. The van der Waals surface area contributed by atoms with Gasteiger partial charge in [0, 0.05) is 24.6 Å². The Morgan fingerprint density at radius 2 is 1.88 bits per heavy atom. The maximum Gasteiger partial charge on any atom is 0.209 e. The van der Waals surface area contributed by atoms with Crippen molar-refractivity contribution in [2.24, 2.45) is 4.99 Å². The number of hydrogen-bond acceptors (Lipinski definition) is 4. The zero-order valence-corrected chi connectivity index (χ0v) is 14.5. The number of hydrogen-bond donors (Lipinski definition) is 2. The highest BCUT2D eigenvalue weighted by Gasteiger charge is 2.01. The number of aliphatic imine (C=N–C) groups is 1. The fraction of sp³-hybridized carbons (Fsp3) is 0.316. The number of guanidine groups is 1. The lowest BCUT2D eigenvalue weighted by atomic mass is 10.2. The monoisotopic (exact) mass is 355 g/mol. The van der Waals surface area contributed by atoms with E-state index < -0.39 is 0 Å². The van der Waals surface area contributed by atoms with E-state index in [1.807, 2.05) is 6.19 Å². The summed E-state index contributed by atoms with van der Waals surface area (Å²) in [4.78, 5) is 8.29. The molecule has 0 saturated carbocycles. The Morgan fingerprint density at radius 1 is 1.12 bits per heavy atom.